The largest absolute Gasteiger partial charge is 0.394 e. The molecule has 114 valence electrons. The standard InChI is InChI=1S/C15H20N2O3S/c18-7-9-20-8-6-17-10-16-14-13(15(17)19)11-4-2-1-3-5-12(11)21-14/h10,18H,1-9H2. The molecule has 0 radical (unpaired) electrons. The molecule has 5 nitrogen and oxygen atoms in total. The Morgan fingerprint density at radius 3 is 3.00 bits per heavy atom. The molecule has 0 saturated heterocycles. The molecule has 0 fully saturated rings. The number of aliphatic hydroxyl groups is 1. The van der Waals surface area contributed by atoms with Crippen LogP contribution in [0.5, 0.6) is 0 Å². The Bertz CT molecular complexity index is 677. The van der Waals surface area contributed by atoms with E-state index in [1.807, 2.05) is 0 Å². The molecule has 1 aliphatic rings. The number of ether oxygens (including phenoxy) is 1. The zero-order valence-electron chi connectivity index (χ0n) is 12.0. The van der Waals surface area contributed by atoms with E-state index in [0.29, 0.717) is 19.8 Å². The number of aromatic nitrogens is 2. The third kappa shape index (κ3) is 3.02. The van der Waals surface area contributed by atoms with Gasteiger partial charge in [0.1, 0.15) is 4.83 Å². The SMILES string of the molecule is O=c1c2c3c(sc2ncn1CCOCCO)CCCCC3. The lowest BCUT2D eigenvalue weighted by Crippen LogP contribution is -2.23. The smallest absolute Gasteiger partial charge is 0.262 e. The Balaban J connectivity index is 1.92. The van der Waals surface area contributed by atoms with Crippen LogP contribution < -0.4 is 5.56 Å². The van der Waals surface area contributed by atoms with Crippen molar-refractivity contribution in [2.45, 2.75) is 38.6 Å². The van der Waals surface area contributed by atoms with Gasteiger partial charge in [0.2, 0.25) is 0 Å². The molecule has 2 heterocycles. The highest BCUT2D eigenvalue weighted by molar-refractivity contribution is 7.18. The molecule has 0 aromatic carbocycles. The van der Waals surface area contributed by atoms with Gasteiger partial charge in [0.25, 0.3) is 5.56 Å². The first-order valence-corrected chi connectivity index (χ1v) is 8.31. The summed E-state index contributed by atoms with van der Waals surface area (Å²) in [5, 5.41) is 9.51. The van der Waals surface area contributed by atoms with Gasteiger partial charge < -0.3 is 9.84 Å². The summed E-state index contributed by atoms with van der Waals surface area (Å²) >= 11 is 1.68. The maximum atomic E-state index is 12.7. The summed E-state index contributed by atoms with van der Waals surface area (Å²) in [4.78, 5) is 19.3. The molecule has 21 heavy (non-hydrogen) atoms. The fraction of sp³-hybridized carbons (Fsp3) is 0.600. The molecular weight excluding hydrogens is 288 g/mol. The zero-order chi connectivity index (χ0) is 14.7. The molecule has 3 rings (SSSR count). The normalized spacial score (nSPS) is 15.1. The number of aliphatic hydroxyl groups excluding tert-OH is 1. The van der Waals surface area contributed by atoms with Crippen LogP contribution in [-0.2, 0) is 24.1 Å². The van der Waals surface area contributed by atoms with Gasteiger partial charge >= 0.3 is 0 Å². The van der Waals surface area contributed by atoms with Crippen molar-refractivity contribution < 1.29 is 9.84 Å². The molecular formula is C15H20N2O3S. The van der Waals surface area contributed by atoms with Gasteiger partial charge in [-0.1, -0.05) is 6.42 Å². The van der Waals surface area contributed by atoms with Gasteiger partial charge in [-0.25, -0.2) is 4.98 Å². The summed E-state index contributed by atoms with van der Waals surface area (Å²) in [5.74, 6) is 0. The van der Waals surface area contributed by atoms with Crippen molar-refractivity contribution in [3.8, 4) is 0 Å². The third-order valence-corrected chi connectivity index (χ3v) is 5.10. The summed E-state index contributed by atoms with van der Waals surface area (Å²) in [6.45, 7) is 1.20. The second-order valence-corrected chi connectivity index (χ2v) is 6.41. The molecule has 6 heteroatoms. The summed E-state index contributed by atoms with van der Waals surface area (Å²) in [7, 11) is 0. The first-order valence-electron chi connectivity index (χ1n) is 7.49. The number of nitrogens with zero attached hydrogens (tertiary/aromatic N) is 2. The minimum absolute atomic E-state index is 0.00419. The average molecular weight is 308 g/mol. The van der Waals surface area contributed by atoms with E-state index in [1.54, 1.807) is 22.2 Å². The minimum Gasteiger partial charge on any atom is -0.394 e. The van der Waals surface area contributed by atoms with Crippen LogP contribution in [0.25, 0.3) is 10.2 Å². The molecule has 2 aromatic rings. The van der Waals surface area contributed by atoms with Gasteiger partial charge in [0, 0.05) is 4.88 Å². The number of hydrogen-bond donors (Lipinski definition) is 1. The molecule has 0 bridgehead atoms. The minimum atomic E-state index is 0.00419. The van der Waals surface area contributed by atoms with E-state index in [2.05, 4.69) is 4.98 Å². The lowest BCUT2D eigenvalue weighted by Gasteiger charge is -2.06. The Morgan fingerprint density at radius 1 is 1.29 bits per heavy atom. The fourth-order valence-corrected chi connectivity index (χ4v) is 4.07. The molecule has 0 unspecified atom stereocenters. The van der Waals surface area contributed by atoms with Crippen LogP contribution in [0.4, 0.5) is 0 Å². The summed E-state index contributed by atoms with van der Waals surface area (Å²) in [6.07, 6.45) is 7.30. The maximum absolute atomic E-state index is 12.7. The van der Waals surface area contributed by atoms with Crippen LogP contribution in [0.3, 0.4) is 0 Å². The van der Waals surface area contributed by atoms with Gasteiger partial charge in [-0.05, 0) is 31.2 Å². The topological polar surface area (TPSA) is 64.4 Å². The number of hydrogen-bond acceptors (Lipinski definition) is 5. The van der Waals surface area contributed by atoms with Crippen LogP contribution in [0, 0.1) is 0 Å². The fourth-order valence-electron chi connectivity index (χ4n) is 2.85. The van der Waals surface area contributed by atoms with Crippen LogP contribution in [0.2, 0.25) is 0 Å². The Morgan fingerprint density at radius 2 is 2.14 bits per heavy atom. The van der Waals surface area contributed by atoms with Crippen molar-refractivity contribution in [1.82, 2.24) is 9.55 Å². The van der Waals surface area contributed by atoms with Gasteiger partial charge in [-0.2, -0.15) is 0 Å². The van der Waals surface area contributed by atoms with Crippen molar-refractivity contribution >= 4 is 21.6 Å². The first-order chi connectivity index (χ1) is 10.3. The van der Waals surface area contributed by atoms with E-state index in [9.17, 15) is 4.79 Å². The number of thiophene rings is 1. The number of fused-ring (bicyclic) bond motifs is 3. The predicted octanol–water partition coefficient (Wildman–Crippen LogP) is 1.74. The monoisotopic (exact) mass is 308 g/mol. The molecule has 0 amide bonds. The van der Waals surface area contributed by atoms with Crippen LogP contribution in [0.15, 0.2) is 11.1 Å². The van der Waals surface area contributed by atoms with Gasteiger partial charge in [0.05, 0.1) is 38.1 Å². The highest BCUT2D eigenvalue weighted by Gasteiger charge is 2.18. The quantitative estimate of drug-likeness (QED) is 0.675. The number of aryl methyl sites for hydroxylation is 2. The third-order valence-electron chi connectivity index (χ3n) is 3.90. The zero-order valence-corrected chi connectivity index (χ0v) is 12.8. The maximum Gasteiger partial charge on any atom is 0.262 e. The second kappa shape index (κ2) is 6.68. The van der Waals surface area contributed by atoms with Crippen molar-refractivity contribution in [3.63, 3.8) is 0 Å². The van der Waals surface area contributed by atoms with E-state index >= 15 is 0 Å². The second-order valence-electron chi connectivity index (χ2n) is 5.32. The summed E-state index contributed by atoms with van der Waals surface area (Å²) in [6, 6.07) is 0. The summed E-state index contributed by atoms with van der Waals surface area (Å²) in [5.41, 5.74) is 1.28. The van der Waals surface area contributed by atoms with E-state index < -0.39 is 0 Å². The van der Waals surface area contributed by atoms with Crippen LogP contribution >= 0.6 is 11.3 Å². The van der Waals surface area contributed by atoms with Gasteiger partial charge in [-0.15, -0.1) is 11.3 Å². The van der Waals surface area contributed by atoms with Crippen molar-refractivity contribution in [1.29, 1.82) is 0 Å². The van der Waals surface area contributed by atoms with Crippen molar-refractivity contribution in [2.24, 2.45) is 0 Å². The lowest BCUT2D eigenvalue weighted by molar-refractivity contribution is 0.0865. The molecule has 2 aromatic heterocycles. The van der Waals surface area contributed by atoms with Crippen LogP contribution in [0.1, 0.15) is 29.7 Å². The van der Waals surface area contributed by atoms with Crippen molar-refractivity contribution in [2.75, 3.05) is 19.8 Å². The Kier molecular flexibility index (Phi) is 4.67. The lowest BCUT2D eigenvalue weighted by atomic mass is 10.1. The molecule has 0 spiro atoms. The molecule has 0 aliphatic heterocycles. The van der Waals surface area contributed by atoms with Gasteiger partial charge in [0.15, 0.2) is 0 Å². The molecule has 1 aliphatic carbocycles. The average Bonchev–Trinajstić information content (AvgIpc) is 2.68. The molecule has 0 saturated carbocycles. The molecule has 0 atom stereocenters. The van der Waals surface area contributed by atoms with E-state index in [-0.39, 0.29) is 12.2 Å². The van der Waals surface area contributed by atoms with Crippen LogP contribution in [-0.4, -0.2) is 34.5 Å². The highest BCUT2D eigenvalue weighted by atomic mass is 32.1. The van der Waals surface area contributed by atoms with E-state index in [1.165, 1.54) is 23.3 Å². The number of rotatable bonds is 5. The predicted molar refractivity (Wildman–Crippen MR) is 83.0 cm³/mol. The highest BCUT2D eigenvalue weighted by Crippen LogP contribution is 2.32. The van der Waals surface area contributed by atoms with E-state index in [4.69, 9.17) is 9.84 Å². The summed E-state index contributed by atoms with van der Waals surface area (Å²) < 4.78 is 6.86. The molecule has 1 N–H and O–H groups in total. The first kappa shape index (κ1) is 14.7. The van der Waals surface area contributed by atoms with Gasteiger partial charge in [-0.3, -0.25) is 9.36 Å². The Labute approximate surface area is 127 Å². The van der Waals surface area contributed by atoms with E-state index in [0.717, 1.165) is 29.5 Å². The Hall–Kier alpha value is -1.24. The van der Waals surface area contributed by atoms with Crippen molar-refractivity contribution in [3.05, 3.63) is 27.1 Å².